The van der Waals surface area contributed by atoms with Gasteiger partial charge in [0.1, 0.15) is 11.6 Å². The molecule has 0 atom stereocenters. The van der Waals surface area contributed by atoms with Gasteiger partial charge in [-0.05, 0) is 57.9 Å². The molecule has 1 aromatic heterocycles. The van der Waals surface area contributed by atoms with E-state index in [1.807, 2.05) is 0 Å². The molecule has 162 valence electrons. The summed E-state index contributed by atoms with van der Waals surface area (Å²) in [6.45, 7) is 5.24. The minimum Gasteiger partial charge on any atom is -0.351 e. The molecule has 0 unspecified atom stereocenters. The van der Waals surface area contributed by atoms with Crippen LogP contribution >= 0.6 is 0 Å². The number of primary amides is 1. The van der Waals surface area contributed by atoms with E-state index in [1.165, 1.54) is 17.2 Å². The van der Waals surface area contributed by atoms with Crippen LogP contribution in [0.3, 0.4) is 0 Å². The monoisotopic (exact) mass is 423 g/mol. The number of hydrogen-bond acceptors (Lipinski definition) is 2. The molecule has 1 fully saturated rings. The smallest absolute Gasteiger partial charge is 0.319 e. The van der Waals surface area contributed by atoms with Crippen LogP contribution < -0.4 is 10.6 Å². The lowest BCUT2D eigenvalue weighted by atomic mass is 9.82. The van der Waals surface area contributed by atoms with E-state index < -0.39 is 29.1 Å². The Hall–Kier alpha value is -2.64. The second-order valence-corrected chi connectivity index (χ2v) is 8.69. The summed E-state index contributed by atoms with van der Waals surface area (Å²) < 4.78 is 56.0. The van der Waals surface area contributed by atoms with Gasteiger partial charge in [0.15, 0.2) is 0 Å². The number of carbonyl (C=O) groups excluding carboxylic acids is 1. The number of nitrogens with two attached hydrogens (primary N) is 1. The Labute approximate surface area is 173 Å². The van der Waals surface area contributed by atoms with Crippen molar-refractivity contribution in [3.8, 4) is 11.1 Å². The lowest BCUT2D eigenvalue weighted by molar-refractivity contribution is -0.0384. The normalized spacial score (nSPS) is 17.0. The van der Waals surface area contributed by atoms with Gasteiger partial charge in [-0.3, -0.25) is 9.88 Å². The van der Waals surface area contributed by atoms with Gasteiger partial charge in [-0.25, -0.2) is 22.4 Å². The van der Waals surface area contributed by atoms with Crippen molar-refractivity contribution in [2.45, 2.75) is 63.8 Å². The Morgan fingerprint density at radius 2 is 1.77 bits per heavy atom. The average Bonchev–Trinajstić information content (AvgIpc) is 2.63. The fourth-order valence-electron chi connectivity index (χ4n) is 4.01. The molecule has 0 spiro atoms. The maximum Gasteiger partial charge on any atom is 0.319 e. The van der Waals surface area contributed by atoms with E-state index in [0.29, 0.717) is 5.69 Å². The summed E-state index contributed by atoms with van der Waals surface area (Å²) in [5.74, 6) is -4.42. The fourth-order valence-corrected chi connectivity index (χ4v) is 4.01. The Morgan fingerprint density at radius 1 is 1.13 bits per heavy atom. The van der Waals surface area contributed by atoms with Gasteiger partial charge in [0.2, 0.25) is 5.92 Å². The highest BCUT2D eigenvalue weighted by Gasteiger charge is 2.39. The van der Waals surface area contributed by atoms with E-state index in [0.717, 1.165) is 18.2 Å². The quantitative estimate of drug-likeness (QED) is 0.615. The van der Waals surface area contributed by atoms with Gasteiger partial charge in [-0.1, -0.05) is 0 Å². The Bertz CT molecular complexity index is 946. The molecule has 0 radical (unpaired) electrons. The van der Waals surface area contributed by atoms with Crippen LogP contribution in [-0.4, -0.2) is 22.5 Å². The number of halogens is 4. The van der Waals surface area contributed by atoms with Crippen LogP contribution in [0.25, 0.3) is 11.1 Å². The van der Waals surface area contributed by atoms with Crippen molar-refractivity contribution >= 4 is 11.7 Å². The number of carbonyl (C=O) groups is 1. The van der Waals surface area contributed by atoms with Crippen molar-refractivity contribution in [2.75, 3.05) is 4.90 Å². The number of benzene rings is 1. The molecular weight excluding hydrogens is 398 g/mol. The molecule has 2 N–H and O–H groups in total. The van der Waals surface area contributed by atoms with Gasteiger partial charge in [0.25, 0.3) is 0 Å². The van der Waals surface area contributed by atoms with Crippen LogP contribution in [0.15, 0.2) is 30.5 Å². The largest absolute Gasteiger partial charge is 0.351 e. The summed E-state index contributed by atoms with van der Waals surface area (Å²) in [5.41, 5.74) is 5.68. The van der Waals surface area contributed by atoms with E-state index in [4.69, 9.17) is 5.73 Å². The topological polar surface area (TPSA) is 59.2 Å². The lowest BCUT2D eigenvalue weighted by Gasteiger charge is -2.38. The predicted octanol–water partition coefficient (Wildman–Crippen LogP) is 6.00. The number of alkyl halides is 2. The molecule has 1 aliphatic rings. The van der Waals surface area contributed by atoms with E-state index in [1.54, 1.807) is 20.8 Å². The van der Waals surface area contributed by atoms with Crippen molar-refractivity contribution in [3.05, 3.63) is 47.8 Å². The molecule has 1 saturated carbocycles. The Morgan fingerprint density at radius 3 is 2.33 bits per heavy atom. The number of amides is 2. The molecule has 2 amide bonds. The summed E-state index contributed by atoms with van der Waals surface area (Å²) in [6, 6.07) is 3.72. The van der Waals surface area contributed by atoms with E-state index >= 15 is 0 Å². The molecule has 30 heavy (non-hydrogen) atoms. The third kappa shape index (κ3) is 4.42. The van der Waals surface area contributed by atoms with Gasteiger partial charge in [-0.2, -0.15) is 0 Å². The predicted molar refractivity (Wildman–Crippen MR) is 108 cm³/mol. The van der Waals surface area contributed by atoms with Crippen LogP contribution in [0, 0.1) is 11.6 Å². The summed E-state index contributed by atoms with van der Waals surface area (Å²) in [5, 5.41) is 0. The molecule has 1 aliphatic carbocycles. The lowest BCUT2D eigenvalue weighted by Crippen LogP contribution is -2.49. The van der Waals surface area contributed by atoms with Gasteiger partial charge >= 0.3 is 6.03 Å². The third-order valence-corrected chi connectivity index (χ3v) is 5.39. The number of urea groups is 1. The summed E-state index contributed by atoms with van der Waals surface area (Å²) in [7, 11) is 0. The van der Waals surface area contributed by atoms with Crippen LogP contribution in [-0.2, 0) is 0 Å². The Balaban J connectivity index is 2.26. The third-order valence-electron chi connectivity index (χ3n) is 5.39. The zero-order chi connectivity index (χ0) is 22.3. The van der Waals surface area contributed by atoms with E-state index in [9.17, 15) is 22.4 Å². The minimum absolute atomic E-state index is 0.0507. The van der Waals surface area contributed by atoms with Crippen molar-refractivity contribution in [2.24, 2.45) is 5.73 Å². The maximum absolute atomic E-state index is 14.7. The molecule has 1 aromatic carbocycles. The average molecular weight is 423 g/mol. The Kier molecular flexibility index (Phi) is 5.80. The van der Waals surface area contributed by atoms with E-state index in [2.05, 4.69) is 4.98 Å². The van der Waals surface area contributed by atoms with Crippen LogP contribution in [0.2, 0.25) is 0 Å². The van der Waals surface area contributed by atoms with Gasteiger partial charge in [-0.15, -0.1) is 0 Å². The SMILES string of the molecule is CC(C)(C)N(C(N)=O)c1c(-c2cc(F)ccc2F)ccnc1C1CCC(F)(F)CC1. The number of nitrogens with zero attached hydrogens (tertiary/aromatic N) is 2. The first-order valence-corrected chi connectivity index (χ1v) is 9.82. The zero-order valence-electron chi connectivity index (χ0n) is 17.2. The first-order chi connectivity index (χ1) is 13.9. The molecular formula is C22H25F4N3O. The molecule has 0 saturated heterocycles. The standard InChI is InChI=1S/C22H25F4N3O/c1-21(2,3)29(20(27)30)19-15(16-12-14(23)4-5-17(16)24)8-11-28-18(19)13-6-9-22(25,26)10-7-13/h4-5,8,11-13H,6-7,9-10H2,1-3H3,(H2,27,30). The number of aromatic nitrogens is 1. The molecule has 0 bridgehead atoms. The van der Waals surface area contributed by atoms with Crippen molar-refractivity contribution in [1.82, 2.24) is 4.98 Å². The second kappa shape index (κ2) is 7.89. The first kappa shape index (κ1) is 22.1. The van der Waals surface area contributed by atoms with Crippen molar-refractivity contribution in [3.63, 3.8) is 0 Å². The first-order valence-electron chi connectivity index (χ1n) is 9.82. The highest BCUT2D eigenvalue weighted by molar-refractivity contribution is 5.98. The number of pyridine rings is 1. The number of rotatable bonds is 3. The fraction of sp³-hybridized carbons (Fsp3) is 0.455. The summed E-state index contributed by atoms with van der Waals surface area (Å²) >= 11 is 0. The van der Waals surface area contributed by atoms with Gasteiger partial charge < -0.3 is 5.73 Å². The van der Waals surface area contributed by atoms with Crippen LogP contribution in [0.5, 0.6) is 0 Å². The highest BCUT2D eigenvalue weighted by atomic mass is 19.3. The molecule has 1 heterocycles. The number of hydrogen-bond donors (Lipinski definition) is 1. The van der Waals surface area contributed by atoms with Gasteiger partial charge in [0.05, 0.1) is 11.4 Å². The molecule has 8 heteroatoms. The van der Waals surface area contributed by atoms with Crippen LogP contribution in [0.1, 0.15) is 58.1 Å². The molecule has 2 aromatic rings. The minimum atomic E-state index is -2.74. The molecule has 4 nitrogen and oxygen atoms in total. The van der Waals surface area contributed by atoms with Gasteiger partial charge in [0, 0.05) is 41.6 Å². The second-order valence-electron chi connectivity index (χ2n) is 8.69. The number of anilines is 1. The summed E-state index contributed by atoms with van der Waals surface area (Å²) in [6.07, 6.45) is 1.15. The molecule has 0 aliphatic heterocycles. The summed E-state index contributed by atoms with van der Waals surface area (Å²) in [4.78, 5) is 18.1. The zero-order valence-corrected chi connectivity index (χ0v) is 17.2. The molecule has 3 rings (SSSR count). The van der Waals surface area contributed by atoms with Crippen LogP contribution in [0.4, 0.5) is 28.0 Å². The maximum atomic E-state index is 14.7. The highest BCUT2D eigenvalue weighted by Crippen LogP contribution is 2.46. The van der Waals surface area contributed by atoms with Crippen molar-refractivity contribution < 1.29 is 22.4 Å². The van der Waals surface area contributed by atoms with Crippen molar-refractivity contribution in [1.29, 1.82) is 0 Å². The van der Waals surface area contributed by atoms with E-state index in [-0.39, 0.29) is 48.4 Å².